The Bertz CT molecular complexity index is 770. The third-order valence-corrected chi connectivity index (χ3v) is 5.32. The third-order valence-electron chi connectivity index (χ3n) is 5.32. The van der Waals surface area contributed by atoms with E-state index < -0.39 is 0 Å². The van der Waals surface area contributed by atoms with Crippen molar-refractivity contribution in [3.05, 3.63) is 42.3 Å². The first-order valence-electron chi connectivity index (χ1n) is 10.2. The number of guanidine groups is 1. The van der Waals surface area contributed by atoms with Gasteiger partial charge in [-0.05, 0) is 25.5 Å². The van der Waals surface area contributed by atoms with Crippen LogP contribution >= 0.6 is 0 Å². The minimum atomic E-state index is 0.511. The highest BCUT2D eigenvalue weighted by Crippen LogP contribution is 2.19. The van der Waals surface area contributed by atoms with E-state index in [1.54, 1.807) is 6.26 Å². The Morgan fingerprint density at radius 1 is 1.21 bits per heavy atom. The second-order valence-electron chi connectivity index (χ2n) is 7.22. The van der Waals surface area contributed by atoms with Gasteiger partial charge >= 0.3 is 0 Å². The van der Waals surface area contributed by atoms with E-state index in [0.717, 1.165) is 63.2 Å². The fraction of sp³-hybridized carbons (Fsp3) is 0.524. The Hall–Kier alpha value is -2.38. The average Bonchev–Trinajstić information content (AvgIpc) is 3.43. The highest BCUT2D eigenvalue weighted by Gasteiger charge is 2.30. The summed E-state index contributed by atoms with van der Waals surface area (Å²) in [5.74, 6) is 1.60. The second kappa shape index (κ2) is 9.21. The lowest BCUT2D eigenvalue weighted by Gasteiger charge is -2.32. The number of morpholine rings is 1. The summed E-state index contributed by atoms with van der Waals surface area (Å²) in [7, 11) is 0. The van der Waals surface area contributed by atoms with E-state index in [2.05, 4.69) is 27.0 Å². The number of likely N-dealkylation sites (tertiary alicyclic amines) is 1. The number of hydrogen-bond acceptors (Lipinski definition) is 5. The molecule has 1 aromatic carbocycles. The molecule has 0 aliphatic carbocycles. The zero-order valence-corrected chi connectivity index (χ0v) is 16.5. The molecule has 150 valence electrons. The lowest BCUT2D eigenvalue weighted by atomic mass is 10.2. The first kappa shape index (κ1) is 19.0. The Morgan fingerprint density at radius 2 is 2.04 bits per heavy atom. The molecule has 3 heterocycles. The topological polar surface area (TPSA) is 66.1 Å². The van der Waals surface area contributed by atoms with Gasteiger partial charge in [-0.25, -0.2) is 9.98 Å². The van der Waals surface area contributed by atoms with Crippen LogP contribution in [0.3, 0.4) is 0 Å². The molecule has 7 heteroatoms. The third kappa shape index (κ3) is 4.54. The van der Waals surface area contributed by atoms with Crippen molar-refractivity contribution in [3.63, 3.8) is 0 Å². The van der Waals surface area contributed by atoms with Gasteiger partial charge in [0.1, 0.15) is 12.0 Å². The predicted molar refractivity (Wildman–Crippen MR) is 109 cm³/mol. The lowest BCUT2D eigenvalue weighted by molar-refractivity contribution is 0.0195. The van der Waals surface area contributed by atoms with Gasteiger partial charge < -0.3 is 19.4 Å². The Balaban J connectivity index is 1.39. The van der Waals surface area contributed by atoms with Crippen LogP contribution < -0.4 is 5.32 Å². The fourth-order valence-corrected chi connectivity index (χ4v) is 3.85. The quantitative estimate of drug-likeness (QED) is 0.631. The van der Waals surface area contributed by atoms with E-state index in [-0.39, 0.29) is 0 Å². The van der Waals surface area contributed by atoms with Gasteiger partial charge in [0.05, 0.1) is 19.8 Å². The van der Waals surface area contributed by atoms with Crippen LogP contribution in [-0.4, -0.2) is 72.7 Å². The predicted octanol–water partition coefficient (Wildman–Crippen LogP) is 2.21. The summed E-state index contributed by atoms with van der Waals surface area (Å²) in [5, 5.41) is 3.43. The van der Waals surface area contributed by atoms with E-state index in [1.165, 1.54) is 6.42 Å². The van der Waals surface area contributed by atoms with E-state index in [4.69, 9.17) is 14.1 Å². The molecule has 2 aliphatic rings. The minimum Gasteiger partial charge on any atom is -0.444 e. The number of benzene rings is 1. The van der Waals surface area contributed by atoms with Gasteiger partial charge in [-0.2, -0.15) is 0 Å². The molecule has 1 aromatic heterocycles. The summed E-state index contributed by atoms with van der Waals surface area (Å²) >= 11 is 0. The number of nitrogens with zero attached hydrogens (tertiary/aromatic N) is 4. The summed E-state index contributed by atoms with van der Waals surface area (Å²) in [6.07, 6.45) is 2.88. The molecule has 2 fully saturated rings. The smallest absolute Gasteiger partial charge is 0.226 e. The maximum absolute atomic E-state index is 5.63. The van der Waals surface area contributed by atoms with Crippen LogP contribution in [0, 0.1) is 0 Å². The highest BCUT2D eigenvalue weighted by atomic mass is 16.5. The zero-order chi connectivity index (χ0) is 19.2. The second-order valence-corrected chi connectivity index (χ2v) is 7.22. The van der Waals surface area contributed by atoms with Crippen molar-refractivity contribution in [1.82, 2.24) is 20.1 Å². The zero-order valence-electron chi connectivity index (χ0n) is 16.5. The van der Waals surface area contributed by atoms with Gasteiger partial charge in [0.25, 0.3) is 0 Å². The normalized spacial score (nSPS) is 21.2. The van der Waals surface area contributed by atoms with Crippen LogP contribution in [0.25, 0.3) is 11.5 Å². The number of aromatic nitrogens is 1. The van der Waals surface area contributed by atoms with Crippen molar-refractivity contribution in [3.8, 4) is 11.5 Å². The summed E-state index contributed by atoms with van der Waals surface area (Å²) in [4.78, 5) is 14.3. The Labute approximate surface area is 166 Å². The molecule has 0 radical (unpaired) electrons. The van der Waals surface area contributed by atoms with Gasteiger partial charge in [-0.15, -0.1) is 0 Å². The number of hydrogen-bond donors (Lipinski definition) is 1. The average molecular weight is 383 g/mol. The van der Waals surface area contributed by atoms with Crippen molar-refractivity contribution in [2.45, 2.75) is 25.9 Å². The SMILES string of the molecule is CCNC(=NCc1coc(-c2ccccc2)n1)N1CCC(N2CCOCC2)C1. The number of nitrogens with one attached hydrogen (secondary N) is 1. The van der Waals surface area contributed by atoms with E-state index in [0.29, 0.717) is 18.5 Å². The van der Waals surface area contributed by atoms with Crippen molar-refractivity contribution < 1.29 is 9.15 Å². The molecule has 1 N–H and O–H groups in total. The number of rotatable bonds is 5. The van der Waals surface area contributed by atoms with Gasteiger partial charge in [0.15, 0.2) is 5.96 Å². The van der Waals surface area contributed by atoms with Gasteiger partial charge in [0.2, 0.25) is 5.89 Å². The first-order chi connectivity index (χ1) is 13.8. The molecule has 7 nitrogen and oxygen atoms in total. The monoisotopic (exact) mass is 383 g/mol. The van der Waals surface area contributed by atoms with Crippen LogP contribution in [0.4, 0.5) is 0 Å². The number of ether oxygens (including phenoxy) is 1. The fourth-order valence-electron chi connectivity index (χ4n) is 3.85. The van der Waals surface area contributed by atoms with Crippen LogP contribution in [0.2, 0.25) is 0 Å². The first-order valence-corrected chi connectivity index (χ1v) is 10.2. The molecule has 0 spiro atoms. The minimum absolute atomic E-state index is 0.511. The standard InChI is InChI=1S/C21H29N5O2/c1-2-22-21(26-9-8-19(15-26)25-10-12-27-13-11-25)23-14-18-16-28-20(24-18)17-6-4-3-5-7-17/h3-7,16,19H,2,8-15H2,1H3,(H,22,23). The molecule has 28 heavy (non-hydrogen) atoms. The van der Waals surface area contributed by atoms with Crippen LogP contribution in [-0.2, 0) is 11.3 Å². The van der Waals surface area contributed by atoms with Crippen molar-refractivity contribution in [1.29, 1.82) is 0 Å². The van der Waals surface area contributed by atoms with Crippen LogP contribution in [0.15, 0.2) is 46.0 Å². The molecule has 2 aromatic rings. The van der Waals surface area contributed by atoms with Crippen molar-refractivity contribution in [2.75, 3.05) is 45.9 Å². The molecule has 0 amide bonds. The molecule has 4 rings (SSSR count). The van der Waals surface area contributed by atoms with Crippen LogP contribution in [0.5, 0.6) is 0 Å². The number of oxazole rings is 1. The Kier molecular flexibility index (Phi) is 6.24. The summed E-state index contributed by atoms with van der Waals surface area (Å²) in [6, 6.07) is 10.5. The maximum atomic E-state index is 5.63. The molecular formula is C21H29N5O2. The highest BCUT2D eigenvalue weighted by molar-refractivity contribution is 5.80. The molecule has 2 saturated heterocycles. The summed E-state index contributed by atoms with van der Waals surface area (Å²) in [5.41, 5.74) is 1.83. The maximum Gasteiger partial charge on any atom is 0.226 e. The van der Waals surface area contributed by atoms with E-state index in [1.807, 2.05) is 30.3 Å². The van der Waals surface area contributed by atoms with Crippen molar-refractivity contribution >= 4 is 5.96 Å². The molecule has 0 bridgehead atoms. The van der Waals surface area contributed by atoms with Crippen molar-refractivity contribution in [2.24, 2.45) is 4.99 Å². The molecule has 0 saturated carbocycles. The summed E-state index contributed by atoms with van der Waals surface area (Å²) in [6.45, 7) is 9.28. The van der Waals surface area contributed by atoms with Gasteiger partial charge in [0, 0.05) is 44.3 Å². The number of aliphatic imine (C=N–C) groups is 1. The lowest BCUT2D eigenvalue weighted by Crippen LogP contribution is -2.46. The molecule has 1 unspecified atom stereocenters. The van der Waals surface area contributed by atoms with E-state index >= 15 is 0 Å². The van der Waals surface area contributed by atoms with Crippen LogP contribution in [0.1, 0.15) is 19.0 Å². The van der Waals surface area contributed by atoms with Gasteiger partial charge in [-0.3, -0.25) is 4.90 Å². The summed E-state index contributed by atoms with van der Waals surface area (Å²) < 4.78 is 11.1. The van der Waals surface area contributed by atoms with Gasteiger partial charge in [-0.1, -0.05) is 18.2 Å². The largest absolute Gasteiger partial charge is 0.444 e. The molecular weight excluding hydrogens is 354 g/mol. The molecule has 1 atom stereocenters. The van der Waals surface area contributed by atoms with E-state index in [9.17, 15) is 0 Å². The molecule has 2 aliphatic heterocycles. The Morgan fingerprint density at radius 3 is 2.82 bits per heavy atom.